The fraction of sp³-hybridized carbons (Fsp3) is 0.182. The minimum Gasteiger partial charge on any atom is -0.508 e. The molecular formula is C22H22O2. The van der Waals surface area contributed by atoms with Crippen LogP contribution in [0.1, 0.15) is 27.8 Å². The zero-order valence-corrected chi connectivity index (χ0v) is 14.1. The number of aryl methyl sites for hydroxylation is 1. The van der Waals surface area contributed by atoms with Crippen molar-refractivity contribution in [2.45, 2.75) is 19.8 Å². The molecule has 0 fully saturated rings. The van der Waals surface area contributed by atoms with Crippen LogP contribution in [0.2, 0.25) is 0 Å². The zero-order chi connectivity index (χ0) is 16.9. The van der Waals surface area contributed by atoms with Crippen molar-refractivity contribution in [1.29, 1.82) is 0 Å². The van der Waals surface area contributed by atoms with Crippen molar-refractivity contribution in [1.82, 2.24) is 0 Å². The Kier molecular flexibility index (Phi) is 4.85. The fourth-order valence-electron chi connectivity index (χ4n) is 3.07. The van der Waals surface area contributed by atoms with Gasteiger partial charge in [0.15, 0.2) is 0 Å². The lowest BCUT2D eigenvalue weighted by molar-refractivity contribution is 0.398. The molecule has 1 N–H and O–H groups in total. The molecule has 0 aliphatic heterocycles. The second kappa shape index (κ2) is 7.22. The summed E-state index contributed by atoms with van der Waals surface area (Å²) in [7, 11) is 1.65. The Balaban J connectivity index is 1.87. The summed E-state index contributed by atoms with van der Waals surface area (Å²) in [6.45, 7) is 1.99. The van der Waals surface area contributed by atoms with E-state index in [1.807, 2.05) is 19.1 Å². The second-order valence-electron chi connectivity index (χ2n) is 6.07. The van der Waals surface area contributed by atoms with Crippen molar-refractivity contribution < 1.29 is 9.84 Å². The van der Waals surface area contributed by atoms with Gasteiger partial charge in [-0.15, -0.1) is 0 Å². The molecule has 0 spiro atoms. The molecule has 2 heteroatoms. The van der Waals surface area contributed by atoms with Crippen LogP contribution in [0, 0.1) is 6.92 Å². The molecule has 3 aromatic rings. The number of aromatic hydroxyl groups is 1. The summed E-state index contributed by atoms with van der Waals surface area (Å²) in [6.07, 6.45) is 1.56. The first-order valence-electron chi connectivity index (χ1n) is 8.14. The van der Waals surface area contributed by atoms with Crippen LogP contribution in [0.15, 0.2) is 66.7 Å². The molecule has 0 amide bonds. The van der Waals surface area contributed by atoms with Crippen LogP contribution in [-0.2, 0) is 12.8 Å². The van der Waals surface area contributed by atoms with Crippen LogP contribution >= 0.6 is 0 Å². The first kappa shape index (κ1) is 16.1. The number of rotatable bonds is 5. The maximum Gasteiger partial charge on any atom is 0.128 e. The number of ether oxygens (including phenoxy) is 1. The minimum atomic E-state index is 0.283. The average Bonchev–Trinajstić information content (AvgIpc) is 2.60. The third-order valence-electron chi connectivity index (χ3n) is 4.26. The summed E-state index contributed by atoms with van der Waals surface area (Å²) in [5.41, 5.74) is 5.61. The van der Waals surface area contributed by atoms with Gasteiger partial charge in [-0.1, -0.05) is 60.7 Å². The summed E-state index contributed by atoms with van der Waals surface area (Å²) < 4.78 is 5.50. The first-order chi connectivity index (χ1) is 11.7. The van der Waals surface area contributed by atoms with Crippen molar-refractivity contribution in [3.05, 3.63) is 94.5 Å². The third-order valence-corrected chi connectivity index (χ3v) is 4.26. The van der Waals surface area contributed by atoms with Crippen LogP contribution in [-0.4, -0.2) is 12.2 Å². The normalized spacial score (nSPS) is 10.6. The lowest BCUT2D eigenvalue weighted by Gasteiger charge is -2.14. The molecule has 0 aliphatic rings. The van der Waals surface area contributed by atoms with E-state index in [-0.39, 0.29) is 5.75 Å². The highest BCUT2D eigenvalue weighted by molar-refractivity contribution is 5.51. The Morgan fingerprint density at radius 3 is 2.17 bits per heavy atom. The molecule has 3 rings (SSSR count). The number of hydrogen-bond acceptors (Lipinski definition) is 2. The Morgan fingerprint density at radius 1 is 0.792 bits per heavy atom. The van der Waals surface area contributed by atoms with Crippen molar-refractivity contribution in [3.8, 4) is 11.5 Å². The molecule has 0 unspecified atom stereocenters. The van der Waals surface area contributed by atoms with Crippen molar-refractivity contribution in [2.75, 3.05) is 7.11 Å². The third kappa shape index (κ3) is 3.60. The summed E-state index contributed by atoms with van der Waals surface area (Å²) in [6, 6.07) is 22.6. The molecule has 2 nitrogen and oxygen atoms in total. The standard InChI is InChI=1S/C22H22O2/c1-16-11-12-21(23)20(22(16)24-2)15-19-10-6-9-18(14-19)13-17-7-4-3-5-8-17/h3-12,14,23H,13,15H2,1-2H3. The largest absolute Gasteiger partial charge is 0.508 e. The molecular weight excluding hydrogens is 296 g/mol. The number of phenols is 1. The van der Waals surface area contributed by atoms with Crippen LogP contribution < -0.4 is 4.74 Å². The summed E-state index contributed by atoms with van der Waals surface area (Å²) in [5, 5.41) is 10.2. The highest BCUT2D eigenvalue weighted by Crippen LogP contribution is 2.33. The van der Waals surface area contributed by atoms with Gasteiger partial charge in [0.1, 0.15) is 11.5 Å². The van der Waals surface area contributed by atoms with E-state index in [0.717, 1.165) is 23.3 Å². The molecule has 0 aliphatic carbocycles. The Hall–Kier alpha value is -2.74. The fourth-order valence-corrected chi connectivity index (χ4v) is 3.07. The predicted molar refractivity (Wildman–Crippen MR) is 97.9 cm³/mol. The van der Waals surface area contributed by atoms with E-state index in [1.54, 1.807) is 13.2 Å². The highest BCUT2D eigenvalue weighted by Gasteiger charge is 2.12. The monoisotopic (exact) mass is 318 g/mol. The lowest BCUT2D eigenvalue weighted by Crippen LogP contribution is -1.98. The van der Waals surface area contributed by atoms with Crippen LogP contribution in [0.5, 0.6) is 11.5 Å². The van der Waals surface area contributed by atoms with E-state index in [4.69, 9.17) is 4.74 Å². The Labute approximate surface area is 143 Å². The van der Waals surface area contributed by atoms with Gasteiger partial charge in [0.05, 0.1) is 7.11 Å². The molecule has 0 bridgehead atoms. The van der Waals surface area contributed by atoms with E-state index in [1.165, 1.54) is 16.7 Å². The topological polar surface area (TPSA) is 29.5 Å². The SMILES string of the molecule is COc1c(C)ccc(O)c1Cc1cccc(Cc2ccccc2)c1. The van der Waals surface area contributed by atoms with Gasteiger partial charge in [-0.05, 0) is 41.7 Å². The smallest absolute Gasteiger partial charge is 0.128 e. The van der Waals surface area contributed by atoms with E-state index >= 15 is 0 Å². The summed E-state index contributed by atoms with van der Waals surface area (Å²) in [4.78, 5) is 0. The predicted octanol–water partition coefficient (Wildman–Crippen LogP) is 4.89. The van der Waals surface area contributed by atoms with Gasteiger partial charge in [-0.25, -0.2) is 0 Å². The van der Waals surface area contributed by atoms with Gasteiger partial charge in [0.25, 0.3) is 0 Å². The highest BCUT2D eigenvalue weighted by atomic mass is 16.5. The van der Waals surface area contributed by atoms with E-state index in [0.29, 0.717) is 6.42 Å². The molecule has 0 saturated heterocycles. The summed E-state index contributed by atoms with van der Waals surface area (Å²) >= 11 is 0. The van der Waals surface area contributed by atoms with Gasteiger partial charge < -0.3 is 9.84 Å². The maximum absolute atomic E-state index is 10.2. The van der Waals surface area contributed by atoms with Crippen LogP contribution in [0.25, 0.3) is 0 Å². The Bertz CT molecular complexity index is 823. The molecule has 0 saturated carbocycles. The Morgan fingerprint density at radius 2 is 1.46 bits per heavy atom. The van der Waals surface area contributed by atoms with Crippen molar-refractivity contribution in [2.24, 2.45) is 0 Å². The van der Waals surface area contributed by atoms with Gasteiger partial charge in [-0.3, -0.25) is 0 Å². The molecule has 0 aromatic heterocycles. The van der Waals surface area contributed by atoms with Crippen molar-refractivity contribution >= 4 is 0 Å². The quantitative estimate of drug-likeness (QED) is 0.725. The van der Waals surface area contributed by atoms with Gasteiger partial charge >= 0.3 is 0 Å². The van der Waals surface area contributed by atoms with Gasteiger partial charge in [0, 0.05) is 12.0 Å². The van der Waals surface area contributed by atoms with Crippen molar-refractivity contribution in [3.63, 3.8) is 0 Å². The molecule has 3 aromatic carbocycles. The minimum absolute atomic E-state index is 0.283. The number of hydrogen-bond donors (Lipinski definition) is 1. The zero-order valence-electron chi connectivity index (χ0n) is 14.1. The average molecular weight is 318 g/mol. The molecule has 24 heavy (non-hydrogen) atoms. The molecule has 0 heterocycles. The number of methoxy groups -OCH3 is 1. The van der Waals surface area contributed by atoms with Gasteiger partial charge in [-0.2, -0.15) is 0 Å². The second-order valence-corrected chi connectivity index (χ2v) is 6.07. The van der Waals surface area contributed by atoms with E-state index in [9.17, 15) is 5.11 Å². The van der Waals surface area contributed by atoms with Gasteiger partial charge in [0.2, 0.25) is 0 Å². The first-order valence-corrected chi connectivity index (χ1v) is 8.14. The van der Waals surface area contributed by atoms with E-state index < -0.39 is 0 Å². The number of phenolic OH excluding ortho intramolecular Hbond substituents is 1. The van der Waals surface area contributed by atoms with Crippen LogP contribution in [0.3, 0.4) is 0 Å². The molecule has 0 atom stereocenters. The lowest BCUT2D eigenvalue weighted by atomic mass is 9.97. The van der Waals surface area contributed by atoms with Crippen LogP contribution in [0.4, 0.5) is 0 Å². The van der Waals surface area contributed by atoms with E-state index in [2.05, 4.69) is 48.5 Å². The maximum atomic E-state index is 10.2. The molecule has 0 radical (unpaired) electrons. The summed E-state index contributed by atoms with van der Waals surface area (Å²) in [5.74, 6) is 1.05. The molecule has 122 valence electrons. The number of benzene rings is 3.